The Morgan fingerprint density at radius 3 is 2.40 bits per heavy atom. The molecule has 0 atom stereocenters. The Hall–Kier alpha value is -3.22. The van der Waals surface area contributed by atoms with Gasteiger partial charge in [0.1, 0.15) is 11.5 Å². The molecule has 0 fully saturated rings. The lowest BCUT2D eigenvalue weighted by atomic mass is 10.2. The zero-order valence-corrected chi connectivity index (χ0v) is 14.2. The number of urea groups is 1. The van der Waals surface area contributed by atoms with E-state index >= 15 is 0 Å². The van der Waals surface area contributed by atoms with Gasteiger partial charge in [-0.1, -0.05) is 30.3 Å². The minimum atomic E-state index is -0.416. The zero-order valence-electron chi connectivity index (χ0n) is 14.2. The number of amides is 3. The molecular weight excluding hydrogens is 322 g/mol. The fraction of sp³-hybridized carbons (Fsp3) is 0.222. The largest absolute Gasteiger partial charge is 0.497 e. The van der Waals surface area contributed by atoms with Crippen molar-refractivity contribution in [3.8, 4) is 11.5 Å². The van der Waals surface area contributed by atoms with Gasteiger partial charge in [-0.15, -0.1) is 0 Å². The smallest absolute Gasteiger partial charge is 0.315 e. The number of ether oxygens (including phenoxy) is 2. The van der Waals surface area contributed by atoms with E-state index < -0.39 is 6.03 Å². The minimum Gasteiger partial charge on any atom is -0.497 e. The van der Waals surface area contributed by atoms with Gasteiger partial charge in [-0.3, -0.25) is 4.79 Å². The molecule has 0 radical (unpaired) electrons. The van der Waals surface area contributed by atoms with Gasteiger partial charge in [0.15, 0.2) is 0 Å². The molecule has 132 valence electrons. The number of carbonyl (C=O) groups excluding carboxylic acids is 2. The van der Waals surface area contributed by atoms with Crippen molar-refractivity contribution in [2.45, 2.75) is 6.54 Å². The van der Waals surface area contributed by atoms with Crippen LogP contribution < -0.4 is 25.4 Å². The summed E-state index contributed by atoms with van der Waals surface area (Å²) in [4.78, 5) is 23.7. The third-order valence-electron chi connectivity index (χ3n) is 3.39. The van der Waals surface area contributed by atoms with Crippen molar-refractivity contribution < 1.29 is 19.1 Å². The van der Waals surface area contributed by atoms with Crippen molar-refractivity contribution in [3.63, 3.8) is 0 Å². The first-order chi connectivity index (χ1) is 12.1. The number of hydrogen-bond donors (Lipinski definition) is 3. The Morgan fingerprint density at radius 1 is 0.960 bits per heavy atom. The molecule has 0 aliphatic heterocycles. The zero-order chi connectivity index (χ0) is 18.1. The quantitative estimate of drug-likeness (QED) is 0.719. The van der Waals surface area contributed by atoms with Crippen molar-refractivity contribution in [2.24, 2.45) is 0 Å². The van der Waals surface area contributed by atoms with E-state index in [9.17, 15) is 9.59 Å². The van der Waals surface area contributed by atoms with E-state index in [2.05, 4.69) is 16.0 Å². The van der Waals surface area contributed by atoms with E-state index in [-0.39, 0.29) is 12.5 Å². The highest BCUT2D eigenvalue weighted by atomic mass is 16.5. The molecule has 0 unspecified atom stereocenters. The molecule has 7 heteroatoms. The lowest BCUT2D eigenvalue weighted by molar-refractivity contribution is -0.115. The Bertz CT molecular complexity index is 720. The van der Waals surface area contributed by atoms with Crippen LogP contribution in [0.25, 0.3) is 0 Å². The second-order valence-corrected chi connectivity index (χ2v) is 5.14. The van der Waals surface area contributed by atoms with Crippen molar-refractivity contribution in [3.05, 3.63) is 54.1 Å². The monoisotopic (exact) mass is 343 g/mol. The van der Waals surface area contributed by atoms with Crippen molar-refractivity contribution >= 4 is 17.6 Å². The third-order valence-corrected chi connectivity index (χ3v) is 3.39. The Labute approximate surface area is 146 Å². The Balaban J connectivity index is 1.79. The van der Waals surface area contributed by atoms with E-state index in [1.165, 1.54) is 7.11 Å². The molecular formula is C18H21N3O4. The summed E-state index contributed by atoms with van der Waals surface area (Å²) in [5.74, 6) is 0.729. The summed E-state index contributed by atoms with van der Waals surface area (Å²) in [5.41, 5.74) is 1.48. The summed E-state index contributed by atoms with van der Waals surface area (Å²) in [6.45, 7) is 0.233. The average molecular weight is 343 g/mol. The van der Waals surface area contributed by atoms with Gasteiger partial charge in [0.05, 0.1) is 26.5 Å². The van der Waals surface area contributed by atoms with Crippen LogP contribution in [-0.4, -0.2) is 32.7 Å². The van der Waals surface area contributed by atoms with Gasteiger partial charge in [-0.2, -0.15) is 0 Å². The van der Waals surface area contributed by atoms with Gasteiger partial charge in [-0.25, -0.2) is 4.79 Å². The molecule has 3 amide bonds. The summed E-state index contributed by atoms with van der Waals surface area (Å²) in [5, 5.41) is 7.87. The van der Waals surface area contributed by atoms with Gasteiger partial charge in [0.2, 0.25) is 5.91 Å². The van der Waals surface area contributed by atoms with Gasteiger partial charge in [-0.05, 0) is 17.7 Å². The summed E-state index contributed by atoms with van der Waals surface area (Å²) in [6.07, 6.45) is 0. The number of benzene rings is 2. The van der Waals surface area contributed by atoms with E-state index in [0.717, 1.165) is 5.56 Å². The predicted octanol–water partition coefficient (Wildman–Crippen LogP) is 2.14. The maximum absolute atomic E-state index is 12.0. The van der Waals surface area contributed by atoms with Gasteiger partial charge in [0, 0.05) is 12.6 Å². The maximum Gasteiger partial charge on any atom is 0.315 e. The van der Waals surface area contributed by atoms with Gasteiger partial charge < -0.3 is 25.4 Å². The molecule has 3 N–H and O–H groups in total. The molecule has 0 bridgehead atoms. The van der Waals surface area contributed by atoms with Gasteiger partial charge in [0.25, 0.3) is 0 Å². The van der Waals surface area contributed by atoms with Gasteiger partial charge >= 0.3 is 6.03 Å². The van der Waals surface area contributed by atoms with Crippen LogP contribution in [0.4, 0.5) is 10.5 Å². The van der Waals surface area contributed by atoms with Crippen LogP contribution in [0, 0.1) is 0 Å². The SMILES string of the molecule is COc1ccc(NC(=O)CNC(=O)NCc2ccccc2)c(OC)c1. The standard InChI is InChI=1S/C18H21N3O4/c1-24-14-8-9-15(16(10-14)25-2)21-17(22)12-20-18(23)19-11-13-6-4-3-5-7-13/h3-10H,11-12H2,1-2H3,(H,21,22)(H2,19,20,23). The molecule has 25 heavy (non-hydrogen) atoms. The molecule has 2 aromatic carbocycles. The molecule has 2 rings (SSSR count). The summed E-state index contributed by atoms with van der Waals surface area (Å²) >= 11 is 0. The first kappa shape index (κ1) is 18.1. The van der Waals surface area contributed by atoms with Crippen LogP contribution in [0.2, 0.25) is 0 Å². The second kappa shape index (κ2) is 9.17. The lowest BCUT2D eigenvalue weighted by Crippen LogP contribution is -2.39. The number of hydrogen-bond acceptors (Lipinski definition) is 4. The van der Waals surface area contributed by atoms with Crippen LogP contribution in [-0.2, 0) is 11.3 Å². The number of rotatable bonds is 7. The third kappa shape index (κ3) is 5.72. The van der Waals surface area contributed by atoms with Crippen LogP contribution in [0.15, 0.2) is 48.5 Å². The van der Waals surface area contributed by atoms with E-state index in [0.29, 0.717) is 23.7 Å². The van der Waals surface area contributed by atoms with Crippen molar-refractivity contribution in [1.82, 2.24) is 10.6 Å². The highest BCUT2D eigenvalue weighted by Gasteiger charge is 2.10. The predicted molar refractivity (Wildman–Crippen MR) is 94.9 cm³/mol. The van der Waals surface area contributed by atoms with Crippen molar-refractivity contribution in [1.29, 1.82) is 0 Å². The first-order valence-electron chi connectivity index (χ1n) is 7.70. The van der Waals surface area contributed by atoms with E-state index in [1.54, 1.807) is 25.3 Å². The molecule has 0 saturated carbocycles. The first-order valence-corrected chi connectivity index (χ1v) is 7.70. The maximum atomic E-state index is 12.0. The fourth-order valence-corrected chi connectivity index (χ4v) is 2.10. The molecule has 0 aliphatic rings. The number of methoxy groups -OCH3 is 2. The van der Waals surface area contributed by atoms with Crippen LogP contribution in [0.3, 0.4) is 0 Å². The van der Waals surface area contributed by atoms with E-state index in [4.69, 9.17) is 9.47 Å². The topological polar surface area (TPSA) is 88.7 Å². The molecule has 0 spiro atoms. The van der Waals surface area contributed by atoms with Crippen molar-refractivity contribution in [2.75, 3.05) is 26.1 Å². The molecule has 2 aromatic rings. The normalized spacial score (nSPS) is 9.84. The van der Waals surface area contributed by atoms with Crippen LogP contribution in [0.5, 0.6) is 11.5 Å². The fourth-order valence-electron chi connectivity index (χ4n) is 2.10. The van der Waals surface area contributed by atoms with Crippen LogP contribution in [0.1, 0.15) is 5.56 Å². The summed E-state index contributed by atoms with van der Waals surface area (Å²) < 4.78 is 10.3. The summed E-state index contributed by atoms with van der Waals surface area (Å²) in [7, 11) is 3.05. The molecule has 0 aromatic heterocycles. The van der Waals surface area contributed by atoms with E-state index in [1.807, 2.05) is 30.3 Å². The highest BCUT2D eigenvalue weighted by Crippen LogP contribution is 2.28. The second-order valence-electron chi connectivity index (χ2n) is 5.14. The summed E-state index contributed by atoms with van der Waals surface area (Å²) in [6, 6.07) is 14.1. The highest BCUT2D eigenvalue weighted by molar-refractivity contribution is 5.95. The molecule has 0 aliphatic carbocycles. The minimum absolute atomic E-state index is 0.157. The lowest BCUT2D eigenvalue weighted by Gasteiger charge is -2.12. The Kier molecular flexibility index (Phi) is 6.65. The molecule has 0 saturated heterocycles. The number of carbonyl (C=O) groups is 2. The average Bonchev–Trinajstić information content (AvgIpc) is 2.65. The van der Waals surface area contributed by atoms with Crippen LogP contribution >= 0.6 is 0 Å². The number of nitrogens with one attached hydrogen (secondary N) is 3. The number of anilines is 1. The molecule has 7 nitrogen and oxygen atoms in total. The molecule has 0 heterocycles. The Morgan fingerprint density at radius 2 is 1.72 bits per heavy atom.